The van der Waals surface area contributed by atoms with Crippen LogP contribution in [0.1, 0.15) is 29.6 Å². The van der Waals surface area contributed by atoms with Crippen molar-refractivity contribution in [3.8, 4) is 0 Å². The minimum atomic E-state index is -0.509. The number of halogens is 1. The summed E-state index contributed by atoms with van der Waals surface area (Å²) in [5.74, 6) is -0.451. The lowest BCUT2D eigenvalue weighted by Gasteiger charge is -2.38. The molecule has 0 radical (unpaired) electrons. The molecule has 2 saturated heterocycles. The van der Waals surface area contributed by atoms with Crippen LogP contribution in [0.5, 0.6) is 0 Å². The molecule has 24 heavy (non-hydrogen) atoms. The van der Waals surface area contributed by atoms with Gasteiger partial charge in [0.2, 0.25) is 5.91 Å². The molecule has 130 valence electrons. The normalized spacial score (nSPS) is 25.8. The average Bonchev–Trinajstić information content (AvgIpc) is 2.97. The molecular weight excluding hydrogens is 330 g/mol. The smallest absolute Gasteiger partial charge is 0.255 e. The van der Waals surface area contributed by atoms with Gasteiger partial charge in [0.1, 0.15) is 0 Å². The van der Waals surface area contributed by atoms with Crippen LogP contribution in [0.4, 0.5) is 0 Å². The predicted octanol–water partition coefficient (Wildman–Crippen LogP) is 0.865. The number of carbonyl (C=O) groups is 2. The maximum Gasteiger partial charge on any atom is 0.255 e. The summed E-state index contributed by atoms with van der Waals surface area (Å²) in [5.41, 5.74) is 5.97. The first-order valence-corrected chi connectivity index (χ1v) is 8.62. The lowest BCUT2D eigenvalue weighted by molar-refractivity contribution is -0.123. The molecule has 0 spiro atoms. The maximum atomic E-state index is 12.6. The van der Waals surface area contributed by atoms with Gasteiger partial charge in [-0.05, 0) is 31.4 Å². The van der Waals surface area contributed by atoms with E-state index < -0.39 is 12.1 Å². The van der Waals surface area contributed by atoms with Gasteiger partial charge in [0.05, 0.1) is 22.7 Å². The molecule has 2 aliphatic heterocycles. The third-order valence-electron chi connectivity index (χ3n) is 4.97. The zero-order chi connectivity index (χ0) is 17.3. The fourth-order valence-electron chi connectivity index (χ4n) is 3.73. The van der Waals surface area contributed by atoms with E-state index in [4.69, 9.17) is 17.3 Å². The number of aliphatic hydroxyl groups excluding tert-OH is 1. The summed E-state index contributed by atoms with van der Waals surface area (Å²) in [6, 6.07) is 6.80. The highest BCUT2D eigenvalue weighted by Gasteiger charge is 2.40. The van der Waals surface area contributed by atoms with E-state index >= 15 is 0 Å². The molecule has 0 aliphatic carbocycles. The summed E-state index contributed by atoms with van der Waals surface area (Å²) in [6.07, 6.45) is 1.40. The Labute approximate surface area is 146 Å². The Morgan fingerprint density at radius 2 is 1.88 bits per heavy atom. The second-order valence-electron chi connectivity index (χ2n) is 6.51. The van der Waals surface area contributed by atoms with Crippen LogP contribution in [-0.4, -0.2) is 64.5 Å². The summed E-state index contributed by atoms with van der Waals surface area (Å²) in [5, 5.41) is 10.3. The Morgan fingerprint density at radius 3 is 2.50 bits per heavy atom. The summed E-state index contributed by atoms with van der Waals surface area (Å²) in [7, 11) is 0. The van der Waals surface area contributed by atoms with Crippen molar-refractivity contribution in [1.29, 1.82) is 0 Å². The molecule has 0 saturated carbocycles. The molecule has 2 amide bonds. The van der Waals surface area contributed by atoms with Crippen molar-refractivity contribution in [2.75, 3.05) is 19.6 Å². The minimum absolute atomic E-state index is 0.0630. The molecule has 0 bridgehead atoms. The number of hydrogen-bond donors (Lipinski definition) is 2. The Kier molecular flexibility index (Phi) is 5.08. The molecule has 0 aromatic heterocycles. The van der Waals surface area contributed by atoms with E-state index in [0.717, 1.165) is 12.8 Å². The van der Waals surface area contributed by atoms with Crippen LogP contribution >= 0.6 is 11.6 Å². The monoisotopic (exact) mass is 351 g/mol. The molecule has 1 aromatic rings. The van der Waals surface area contributed by atoms with E-state index in [-0.39, 0.29) is 17.9 Å². The van der Waals surface area contributed by atoms with Gasteiger partial charge in [0, 0.05) is 25.7 Å². The summed E-state index contributed by atoms with van der Waals surface area (Å²) < 4.78 is 0. The van der Waals surface area contributed by atoms with Gasteiger partial charge in [0.15, 0.2) is 0 Å². The highest BCUT2D eigenvalue weighted by atomic mass is 35.5. The largest absolute Gasteiger partial charge is 0.392 e. The molecule has 2 aliphatic rings. The second-order valence-corrected chi connectivity index (χ2v) is 6.91. The third-order valence-corrected chi connectivity index (χ3v) is 5.30. The molecule has 3 rings (SSSR count). The molecule has 3 N–H and O–H groups in total. The van der Waals surface area contributed by atoms with E-state index in [0.29, 0.717) is 36.6 Å². The van der Waals surface area contributed by atoms with Crippen LogP contribution < -0.4 is 5.73 Å². The Hall–Kier alpha value is -1.63. The number of amides is 2. The molecule has 0 unspecified atom stereocenters. The van der Waals surface area contributed by atoms with Crippen molar-refractivity contribution < 1.29 is 14.7 Å². The summed E-state index contributed by atoms with van der Waals surface area (Å²) >= 11 is 6.11. The van der Waals surface area contributed by atoms with E-state index in [1.54, 1.807) is 29.2 Å². The van der Waals surface area contributed by atoms with Gasteiger partial charge in [-0.1, -0.05) is 23.7 Å². The van der Waals surface area contributed by atoms with Crippen LogP contribution in [0.25, 0.3) is 0 Å². The Morgan fingerprint density at radius 1 is 1.21 bits per heavy atom. The fourth-order valence-corrected chi connectivity index (χ4v) is 3.94. The zero-order valence-corrected chi connectivity index (χ0v) is 14.2. The highest BCUT2D eigenvalue weighted by molar-refractivity contribution is 6.33. The Balaban J connectivity index is 1.63. The number of nitrogens with zero attached hydrogens (tertiary/aromatic N) is 2. The molecule has 7 heteroatoms. The molecule has 6 nitrogen and oxygen atoms in total. The number of nitrogens with two attached hydrogens (primary N) is 1. The van der Waals surface area contributed by atoms with Gasteiger partial charge in [-0.15, -0.1) is 0 Å². The Bertz CT molecular complexity index is 631. The highest BCUT2D eigenvalue weighted by Crippen LogP contribution is 2.27. The molecule has 1 aromatic carbocycles. The van der Waals surface area contributed by atoms with E-state index in [1.807, 2.05) is 4.90 Å². The van der Waals surface area contributed by atoms with Gasteiger partial charge in [-0.25, -0.2) is 0 Å². The van der Waals surface area contributed by atoms with Crippen LogP contribution in [0.15, 0.2) is 24.3 Å². The second kappa shape index (κ2) is 7.09. The van der Waals surface area contributed by atoms with Crippen LogP contribution in [0.3, 0.4) is 0 Å². The number of benzene rings is 1. The summed E-state index contributed by atoms with van der Waals surface area (Å²) in [6.45, 7) is 1.68. The number of piperidine rings is 1. The number of likely N-dealkylation sites (tertiary alicyclic amines) is 2. The van der Waals surface area contributed by atoms with Gasteiger partial charge in [-0.2, -0.15) is 0 Å². The number of aliphatic hydroxyl groups is 1. The van der Waals surface area contributed by atoms with Crippen LogP contribution in [0.2, 0.25) is 5.02 Å². The third kappa shape index (κ3) is 3.41. The van der Waals surface area contributed by atoms with Crippen LogP contribution in [0, 0.1) is 0 Å². The number of β-amino-alcohol motifs (C(OH)–C–C–N with tert-alkyl or cyclic N) is 1. The van der Waals surface area contributed by atoms with Crippen LogP contribution in [-0.2, 0) is 4.79 Å². The maximum absolute atomic E-state index is 12.6. The van der Waals surface area contributed by atoms with E-state index in [2.05, 4.69) is 0 Å². The molecule has 2 fully saturated rings. The number of carbonyl (C=O) groups excluding carboxylic acids is 2. The van der Waals surface area contributed by atoms with Crippen molar-refractivity contribution in [2.24, 2.45) is 5.73 Å². The van der Waals surface area contributed by atoms with Gasteiger partial charge < -0.3 is 15.7 Å². The standard InChI is InChI=1S/C17H22ClN3O3/c18-14-4-2-1-3-13(14)17(24)20-7-5-11(6-8-20)21-10-12(22)9-15(21)16(19)23/h1-4,11-12,15,22H,5-10H2,(H2,19,23)/t12-,15+/m1/s1. The first kappa shape index (κ1) is 17.2. The van der Waals surface area contributed by atoms with Gasteiger partial charge in [-0.3, -0.25) is 14.5 Å². The summed E-state index contributed by atoms with van der Waals surface area (Å²) in [4.78, 5) is 28.0. The SMILES string of the molecule is NC(=O)[C@@H]1C[C@@H](O)CN1C1CCN(C(=O)c2ccccc2Cl)CC1. The topological polar surface area (TPSA) is 86.9 Å². The first-order chi connectivity index (χ1) is 11.5. The predicted molar refractivity (Wildman–Crippen MR) is 90.7 cm³/mol. The van der Waals surface area contributed by atoms with Crippen molar-refractivity contribution >= 4 is 23.4 Å². The van der Waals surface area contributed by atoms with E-state index in [9.17, 15) is 14.7 Å². The first-order valence-electron chi connectivity index (χ1n) is 8.24. The minimum Gasteiger partial charge on any atom is -0.392 e. The number of primary amides is 1. The average molecular weight is 352 g/mol. The van der Waals surface area contributed by atoms with Crippen molar-refractivity contribution in [3.63, 3.8) is 0 Å². The lowest BCUT2D eigenvalue weighted by atomic mass is 10.0. The van der Waals surface area contributed by atoms with Crippen molar-refractivity contribution in [2.45, 2.75) is 37.5 Å². The molecular formula is C17H22ClN3O3. The quantitative estimate of drug-likeness (QED) is 0.845. The fraction of sp³-hybridized carbons (Fsp3) is 0.529. The van der Waals surface area contributed by atoms with Crippen molar-refractivity contribution in [3.05, 3.63) is 34.9 Å². The number of rotatable bonds is 3. The molecule has 2 heterocycles. The van der Waals surface area contributed by atoms with Crippen molar-refractivity contribution in [1.82, 2.24) is 9.80 Å². The number of hydrogen-bond acceptors (Lipinski definition) is 4. The zero-order valence-electron chi connectivity index (χ0n) is 13.4. The molecule has 2 atom stereocenters. The van der Waals surface area contributed by atoms with Gasteiger partial charge >= 0.3 is 0 Å². The van der Waals surface area contributed by atoms with Gasteiger partial charge in [0.25, 0.3) is 5.91 Å². The van der Waals surface area contributed by atoms with E-state index in [1.165, 1.54) is 0 Å². The lowest BCUT2D eigenvalue weighted by Crippen LogP contribution is -2.51.